The Kier molecular flexibility index (Phi) is 4.18. The van der Waals surface area contributed by atoms with Gasteiger partial charge >= 0.3 is 0 Å². The molecule has 2 nitrogen and oxygen atoms in total. The molecule has 2 rings (SSSR count). The number of nitrogens with one attached hydrogen (secondary N) is 1. The lowest BCUT2D eigenvalue weighted by molar-refractivity contribution is 0.0743. The number of hydrogen-bond acceptors (Lipinski definition) is 2. The normalized spacial score (nSPS) is 21.5. The molecule has 0 amide bonds. The van der Waals surface area contributed by atoms with Crippen LogP contribution in [-0.4, -0.2) is 25.8 Å². The third kappa shape index (κ3) is 3.59. The molecule has 0 saturated carbocycles. The largest absolute Gasteiger partial charge is 0.379 e. The van der Waals surface area contributed by atoms with E-state index in [0.717, 1.165) is 37.1 Å². The van der Waals surface area contributed by atoms with E-state index in [0.29, 0.717) is 6.04 Å². The summed E-state index contributed by atoms with van der Waals surface area (Å²) in [5.41, 5.74) is 1.39. The van der Waals surface area contributed by atoms with Crippen molar-refractivity contribution in [2.45, 2.75) is 18.9 Å². The Balaban J connectivity index is 1.81. The SMILES string of the molecule is Brc1cccc(CCC2COCCN2)c1. The van der Waals surface area contributed by atoms with Crippen LogP contribution in [0.2, 0.25) is 0 Å². The highest BCUT2D eigenvalue weighted by atomic mass is 79.9. The van der Waals surface area contributed by atoms with E-state index in [1.54, 1.807) is 0 Å². The summed E-state index contributed by atoms with van der Waals surface area (Å²) in [6, 6.07) is 9.03. The van der Waals surface area contributed by atoms with Gasteiger partial charge in [-0.15, -0.1) is 0 Å². The van der Waals surface area contributed by atoms with Crippen molar-refractivity contribution in [3.63, 3.8) is 0 Å². The monoisotopic (exact) mass is 269 g/mol. The molecular formula is C12H16BrNO. The summed E-state index contributed by atoms with van der Waals surface area (Å²) in [7, 11) is 0. The van der Waals surface area contributed by atoms with Gasteiger partial charge in [-0.05, 0) is 30.5 Å². The maximum atomic E-state index is 5.42. The van der Waals surface area contributed by atoms with Gasteiger partial charge in [0.1, 0.15) is 0 Å². The molecule has 0 aromatic heterocycles. The number of benzene rings is 1. The van der Waals surface area contributed by atoms with Crippen LogP contribution in [0.4, 0.5) is 0 Å². The highest BCUT2D eigenvalue weighted by molar-refractivity contribution is 9.10. The lowest BCUT2D eigenvalue weighted by atomic mass is 10.1. The van der Waals surface area contributed by atoms with Crippen LogP contribution in [0.15, 0.2) is 28.7 Å². The summed E-state index contributed by atoms with van der Waals surface area (Å²) < 4.78 is 6.58. The van der Waals surface area contributed by atoms with Gasteiger partial charge in [-0.1, -0.05) is 28.1 Å². The predicted molar refractivity (Wildman–Crippen MR) is 65.1 cm³/mol. The van der Waals surface area contributed by atoms with Crippen molar-refractivity contribution in [1.29, 1.82) is 0 Å². The molecule has 3 heteroatoms. The van der Waals surface area contributed by atoms with E-state index in [1.807, 2.05) is 0 Å². The highest BCUT2D eigenvalue weighted by Crippen LogP contribution is 2.14. The van der Waals surface area contributed by atoms with E-state index in [2.05, 4.69) is 45.5 Å². The molecule has 1 atom stereocenters. The van der Waals surface area contributed by atoms with E-state index in [9.17, 15) is 0 Å². The predicted octanol–water partition coefficient (Wildman–Crippen LogP) is 2.37. The van der Waals surface area contributed by atoms with Gasteiger partial charge in [-0.25, -0.2) is 0 Å². The van der Waals surface area contributed by atoms with Crippen LogP contribution in [0.25, 0.3) is 0 Å². The molecular weight excluding hydrogens is 254 g/mol. The Morgan fingerprint density at radius 2 is 2.40 bits per heavy atom. The molecule has 1 unspecified atom stereocenters. The van der Waals surface area contributed by atoms with Crippen molar-refractivity contribution < 1.29 is 4.74 Å². The Morgan fingerprint density at radius 1 is 1.47 bits per heavy atom. The van der Waals surface area contributed by atoms with Crippen molar-refractivity contribution in [1.82, 2.24) is 5.32 Å². The number of halogens is 1. The van der Waals surface area contributed by atoms with Crippen LogP contribution in [0, 0.1) is 0 Å². The second-order valence-corrected chi connectivity index (χ2v) is 4.81. The second-order valence-electron chi connectivity index (χ2n) is 3.89. The first-order valence-corrected chi connectivity index (χ1v) is 6.19. The average Bonchev–Trinajstić information content (AvgIpc) is 2.28. The minimum atomic E-state index is 0.526. The van der Waals surface area contributed by atoms with Gasteiger partial charge in [0, 0.05) is 17.1 Å². The van der Waals surface area contributed by atoms with Crippen molar-refractivity contribution in [2.24, 2.45) is 0 Å². The molecule has 1 N–H and O–H groups in total. The molecule has 1 fully saturated rings. The fourth-order valence-electron chi connectivity index (χ4n) is 1.84. The van der Waals surface area contributed by atoms with Crippen molar-refractivity contribution in [2.75, 3.05) is 19.8 Å². The van der Waals surface area contributed by atoms with Crippen molar-refractivity contribution >= 4 is 15.9 Å². The Morgan fingerprint density at radius 3 is 3.13 bits per heavy atom. The smallest absolute Gasteiger partial charge is 0.0620 e. The first kappa shape index (κ1) is 11.1. The minimum absolute atomic E-state index is 0.526. The topological polar surface area (TPSA) is 21.3 Å². The lowest BCUT2D eigenvalue weighted by Gasteiger charge is -2.23. The molecule has 1 aromatic carbocycles. The first-order valence-electron chi connectivity index (χ1n) is 5.40. The maximum Gasteiger partial charge on any atom is 0.0620 e. The van der Waals surface area contributed by atoms with Gasteiger partial charge in [-0.3, -0.25) is 0 Å². The fourth-order valence-corrected chi connectivity index (χ4v) is 2.29. The van der Waals surface area contributed by atoms with Crippen LogP contribution < -0.4 is 5.32 Å². The van der Waals surface area contributed by atoms with Gasteiger partial charge in [0.2, 0.25) is 0 Å². The van der Waals surface area contributed by atoms with E-state index < -0.39 is 0 Å². The van der Waals surface area contributed by atoms with E-state index in [1.165, 1.54) is 5.56 Å². The summed E-state index contributed by atoms with van der Waals surface area (Å²) in [5.74, 6) is 0. The van der Waals surface area contributed by atoms with Gasteiger partial charge in [0.15, 0.2) is 0 Å². The molecule has 15 heavy (non-hydrogen) atoms. The zero-order valence-corrected chi connectivity index (χ0v) is 10.3. The summed E-state index contributed by atoms with van der Waals surface area (Å²) in [5, 5.41) is 3.47. The van der Waals surface area contributed by atoms with E-state index in [4.69, 9.17) is 4.74 Å². The Bertz CT molecular complexity index is 310. The zero-order valence-electron chi connectivity index (χ0n) is 8.71. The van der Waals surface area contributed by atoms with E-state index in [-0.39, 0.29) is 0 Å². The molecule has 1 aromatic rings. The molecule has 0 bridgehead atoms. The summed E-state index contributed by atoms with van der Waals surface area (Å²) in [4.78, 5) is 0. The molecule has 1 saturated heterocycles. The Hall–Kier alpha value is -0.380. The van der Waals surface area contributed by atoms with Crippen LogP contribution in [0.3, 0.4) is 0 Å². The van der Waals surface area contributed by atoms with Crippen LogP contribution in [-0.2, 0) is 11.2 Å². The Labute approximate surface area is 99.1 Å². The molecule has 0 spiro atoms. The molecule has 0 radical (unpaired) electrons. The third-order valence-corrected chi connectivity index (χ3v) is 3.16. The summed E-state index contributed by atoms with van der Waals surface area (Å²) in [6.45, 7) is 2.70. The zero-order chi connectivity index (χ0) is 10.5. The highest BCUT2D eigenvalue weighted by Gasteiger charge is 2.12. The van der Waals surface area contributed by atoms with Crippen LogP contribution >= 0.6 is 15.9 Å². The lowest BCUT2D eigenvalue weighted by Crippen LogP contribution is -2.41. The number of aryl methyl sites for hydroxylation is 1. The molecule has 82 valence electrons. The minimum Gasteiger partial charge on any atom is -0.379 e. The quantitative estimate of drug-likeness (QED) is 0.910. The van der Waals surface area contributed by atoms with Crippen molar-refractivity contribution in [3.05, 3.63) is 34.3 Å². The van der Waals surface area contributed by atoms with Crippen LogP contribution in [0.5, 0.6) is 0 Å². The van der Waals surface area contributed by atoms with Gasteiger partial charge in [-0.2, -0.15) is 0 Å². The van der Waals surface area contributed by atoms with Crippen LogP contribution in [0.1, 0.15) is 12.0 Å². The number of ether oxygens (including phenoxy) is 1. The van der Waals surface area contributed by atoms with E-state index >= 15 is 0 Å². The second kappa shape index (κ2) is 5.64. The fraction of sp³-hybridized carbons (Fsp3) is 0.500. The molecule has 1 aliphatic rings. The van der Waals surface area contributed by atoms with Gasteiger partial charge in [0.05, 0.1) is 13.2 Å². The standard InChI is InChI=1S/C12H16BrNO/c13-11-3-1-2-10(8-11)4-5-12-9-15-7-6-14-12/h1-3,8,12,14H,4-7,9H2. The number of morpholine rings is 1. The summed E-state index contributed by atoms with van der Waals surface area (Å²) in [6.07, 6.45) is 2.26. The van der Waals surface area contributed by atoms with Crippen molar-refractivity contribution in [3.8, 4) is 0 Å². The molecule has 1 aliphatic heterocycles. The average molecular weight is 270 g/mol. The van der Waals surface area contributed by atoms with Gasteiger partial charge < -0.3 is 10.1 Å². The maximum absolute atomic E-state index is 5.42. The third-order valence-electron chi connectivity index (χ3n) is 2.67. The first-order chi connectivity index (χ1) is 7.34. The number of hydrogen-bond donors (Lipinski definition) is 1. The van der Waals surface area contributed by atoms with Gasteiger partial charge in [0.25, 0.3) is 0 Å². The molecule has 0 aliphatic carbocycles. The number of rotatable bonds is 3. The summed E-state index contributed by atoms with van der Waals surface area (Å²) >= 11 is 3.49. The molecule has 1 heterocycles.